The number of pyridine rings is 1. The van der Waals surface area contributed by atoms with Crippen molar-refractivity contribution in [3.63, 3.8) is 0 Å². The van der Waals surface area contributed by atoms with E-state index in [-0.39, 0.29) is 23.2 Å². The molecule has 4 N–H and O–H groups in total. The standard InChI is InChI=1S/C47H54N4O6/c52-41-21-19-34(40-20-22-44(54)49-46(40)41)23-27-48-26-10-2-1-3-11-30-56-39-18-12-17-38(31-39)45(37-15-8-5-9-16-37)50-47(55)57-43-33-51(28-24-36(43)25-29-51)32-42(53)35-13-6-4-7-14-35/h4-9,12-22,31,36,43,45,48H,1-3,10-11,23-30,32-33H2,(H2-,49,50,52,54,55)/p+1. The van der Waals surface area contributed by atoms with Gasteiger partial charge in [0.2, 0.25) is 11.3 Å². The molecule has 4 heterocycles. The van der Waals surface area contributed by atoms with Crippen molar-refractivity contribution < 1.29 is 28.7 Å². The number of carbonyl (C=O) groups is 2. The van der Waals surface area contributed by atoms with Crippen LogP contribution in [0.1, 0.15) is 78.0 Å². The Kier molecular flexibility index (Phi) is 13.3. The number of carbonyl (C=O) groups excluding carboxylic acids is 2. The van der Waals surface area contributed by atoms with Gasteiger partial charge in [0, 0.05) is 35.8 Å². The van der Waals surface area contributed by atoms with E-state index in [1.807, 2.05) is 91.0 Å². The number of aromatic hydroxyl groups is 1. The molecule has 0 saturated carbocycles. The van der Waals surface area contributed by atoms with Gasteiger partial charge in [-0.3, -0.25) is 9.59 Å². The van der Waals surface area contributed by atoms with E-state index in [0.717, 1.165) is 111 Å². The molecule has 0 aliphatic carbocycles. The number of unbranched alkanes of at least 4 members (excludes halogenated alkanes) is 4. The van der Waals surface area contributed by atoms with Crippen molar-refractivity contribution in [3.8, 4) is 11.5 Å². The number of alkyl carbamates (subject to hydrolysis) is 1. The van der Waals surface area contributed by atoms with Crippen LogP contribution in [0.2, 0.25) is 0 Å². The van der Waals surface area contributed by atoms with Crippen LogP contribution in [0.3, 0.4) is 0 Å². The monoisotopic (exact) mass is 771 g/mol. The van der Waals surface area contributed by atoms with Crippen molar-refractivity contribution in [2.45, 2.75) is 63.5 Å². The number of rotatable bonds is 19. The molecular weight excluding hydrogens is 717 g/mol. The lowest BCUT2D eigenvalue weighted by Crippen LogP contribution is -2.66. The quantitative estimate of drug-likeness (QED) is 0.0385. The Hall–Kier alpha value is -5.45. The van der Waals surface area contributed by atoms with Gasteiger partial charge in [-0.15, -0.1) is 0 Å². The number of ether oxygens (including phenoxy) is 2. The molecule has 3 aliphatic heterocycles. The van der Waals surface area contributed by atoms with Gasteiger partial charge in [-0.1, -0.05) is 98.1 Å². The lowest BCUT2D eigenvalue weighted by Gasteiger charge is -2.51. The molecule has 57 heavy (non-hydrogen) atoms. The molecule has 2 unspecified atom stereocenters. The zero-order chi connectivity index (χ0) is 39.5. The first-order valence-corrected chi connectivity index (χ1v) is 20.6. The summed E-state index contributed by atoms with van der Waals surface area (Å²) in [5, 5.41) is 17.7. The maximum atomic E-state index is 13.6. The number of hydrogen-bond acceptors (Lipinski definition) is 7. The first kappa shape index (κ1) is 39.8. The molecule has 1 aromatic heterocycles. The molecule has 8 rings (SSSR count). The first-order valence-electron chi connectivity index (χ1n) is 20.6. The van der Waals surface area contributed by atoms with Crippen molar-refractivity contribution in [1.82, 2.24) is 15.6 Å². The number of H-pyrrole nitrogens is 1. The largest absolute Gasteiger partial charge is 0.506 e. The molecule has 4 aromatic carbocycles. The molecule has 2 bridgehead atoms. The van der Waals surface area contributed by atoms with Crippen molar-refractivity contribution in [2.75, 3.05) is 45.9 Å². The number of quaternary nitrogens is 1. The summed E-state index contributed by atoms with van der Waals surface area (Å²) in [5.41, 5.74) is 3.98. The highest BCUT2D eigenvalue weighted by Gasteiger charge is 2.48. The fourth-order valence-corrected chi connectivity index (χ4v) is 8.61. The van der Waals surface area contributed by atoms with Crippen molar-refractivity contribution >= 4 is 22.8 Å². The summed E-state index contributed by atoms with van der Waals surface area (Å²) >= 11 is 0. The highest BCUT2D eigenvalue weighted by molar-refractivity contribution is 5.97. The van der Waals surface area contributed by atoms with E-state index in [4.69, 9.17) is 9.47 Å². The third-order valence-corrected chi connectivity index (χ3v) is 11.8. The number of aromatic amines is 1. The van der Waals surface area contributed by atoms with Gasteiger partial charge in [-0.25, -0.2) is 4.79 Å². The molecule has 3 saturated heterocycles. The van der Waals surface area contributed by atoms with E-state index >= 15 is 0 Å². The maximum Gasteiger partial charge on any atom is 0.408 e. The van der Waals surface area contributed by atoms with E-state index in [2.05, 4.69) is 15.6 Å². The van der Waals surface area contributed by atoms with E-state index < -0.39 is 12.1 Å². The zero-order valence-corrected chi connectivity index (χ0v) is 32.7. The summed E-state index contributed by atoms with van der Waals surface area (Å²) in [6.07, 6.45) is 7.45. The number of phenols is 1. The Balaban J connectivity index is 0.840. The van der Waals surface area contributed by atoms with Gasteiger partial charge in [0.05, 0.1) is 31.3 Å². The van der Waals surface area contributed by atoms with Crippen LogP contribution >= 0.6 is 0 Å². The molecule has 5 aromatic rings. The van der Waals surface area contributed by atoms with Gasteiger partial charge in [0.1, 0.15) is 24.6 Å². The van der Waals surface area contributed by atoms with Gasteiger partial charge in [-0.05, 0) is 73.3 Å². The van der Waals surface area contributed by atoms with Gasteiger partial charge in [0.15, 0.2) is 6.10 Å². The lowest BCUT2D eigenvalue weighted by atomic mass is 9.83. The molecular formula is C47H55N4O6+. The molecule has 0 spiro atoms. The number of aromatic nitrogens is 1. The van der Waals surface area contributed by atoms with Gasteiger partial charge >= 0.3 is 6.09 Å². The fraction of sp³-hybridized carbons (Fsp3) is 0.383. The average molecular weight is 772 g/mol. The van der Waals surface area contributed by atoms with Gasteiger partial charge < -0.3 is 34.7 Å². The number of phenolic OH excluding ortho intramolecular Hbond substituents is 1. The predicted octanol–water partition coefficient (Wildman–Crippen LogP) is 7.70. The minimum absolute atomic E-state index is 0.0903. The zero-order valence-electron chi connectivity index (χ0n) is 32.7. The molecule has 0 radical (unpaired) electrons. The topological polar surface area (TPSA) is 130 Å². The van der Waals surface area contributed by atoms with E-state index in [1.165, 1.54) is 6.07 Å². The Bertz CT molecular complexity index is 2150. The van der Waals surface area contributed by atoms with Crippen molar-refractivity contribution in [3.05, 3.63) is 142 Å². The number of piperidine rings is 3. The van der Waals surface area contributed by atoms with Crippen LogP contribution in [0, 0.1) is 5.92 Å². The second kappa shape index (κ2) is 19.1. The van der Waals surface area contributed by atoms with Gasteiger partial charge in [-0.2, -0.15) is 0 Å². The summed E-state index contributed by atoms with van der Waals surface area (Å²) < 4.78 is 13.1. The Morgan fingerprint density at radius 3 is 2.35 bits per heavy atom. The van der Waals surface area contributed by atoms with E-state index in [9.17, 15) is 19.5 Å². The summed E-state index contributed by atoms with van der Waals surface area (Å²) in [6, 6.07) is 33.8. The smallest absolute Gasteiger partial charge is 0.408 e. The van der Waals surface area contributed by atoms with Crippen LogP contribution in [-0.2, 0) is 11.2 Å². The molecule has 3 aliphatic rings. The molecule has 298 valence electrons. The number of Topliss-reactive ketones (excluding diaryl/α,β-unsaturated/α-hetero) is 1. The second-order valence-corrected chi connectivity index (χ2v) is 15.7. The van der Waals surface area contributed by atoms with Gasteiger partial charge in [0.25, 0.3) is 0 Å². The molecule has 1 amide bonds. The van der Waals surface area contributed by atoms with Crippen LogP contribution in [0.15, 0.2) is 114 Å². The average Bonchev–Trinajstić information content (AvgIpc) is 3.23. The van der Waals surface area contributed by atoms with Crippen molar-refractivity contribution in [2.24, 2.45) is 5.92 Å². The van der Waals surface area contributed by atoms with Crippen molar-refractivity contribution in [1.29, 1.82) is 0 Å². The number of amides is 1. The third-order valence-electron chi connectivity index (χ3n) is 11.8. The number of ketones is 1. The molecule has 3 fully saturated rings. The highest BCUT2D eigenvalue weighted by Crippen LogP contribution is 2.36. The van der Waals surface area contributed by atoms with E-state index in [0.29, 0.717) is 35.6 Å². The Labute approximate surface area is 334 Å². The number of nitrogens with one attached hydrogen (secondary N) is 3. The fourth-order valence-electron chi connectivity index (χ4n) is 8.61. The Morgan fingerprint density at radius 1 is 0.807 bits per heavy atom. The number of hydrogen-bond donors (Lipinski definition) is 4. The van der Waals surface area contributed by atoms with Crippen LogP contribution in [-0.4, -0.2) is 78.4 Å². The second-order valence-electron chi connectivity index (χ2n) is 15.7. The highest BCUT2D eigenvalue weighted by atomic mass is 16.6. The summed E-state index contributed by atoms with van der Waals surface area (Å²) in [7, 11) is 0. The minimum atomic E-state index is -0.443. The van der Waals surface area contributed by atoms with Crippen LogP contribution in [0.4, 0.5) is 4.79 Å². The summed E-state index contributed by atoms with van der Waals surface area (Å²) in [4.78, 5) is 41.2. The van der Waals surface area contributed by atoms with E-state index in [1.54, 1.807) is 12.1 Å². The SMILES string of the molecule is O=C(NC(c1ccccc1)c1cccc(OCCCCCCCNCCc2ccc(O)c3[nH]c(=O)ccc23)c1)OC1C[N+]2(CC(=O)c3ccccc3)CCC1CC2. The summed E-state index contributed by atoms with van der Waals surface area (Å²) in [5.74, 6) is 1.32. The van der Waals surface area contributed by atoms with Crippen LogP contribution in [0.5, 0.6) is 11.5 Å². The van der Waals surface area contributed by atoms with Crippen LogP contribution in [0.25, 0.3) is 10.9 Å². The Morgan fingerprint density at radius 2 is 1.54 bits per heavy atom. The maximum absolute atomic E-state index is 13.6. The number of fused-ring (bicyclic) bond motifs is 4. The first-order chi connectivity index (χ1) is 27.9. The van der Waals surface area contributed by atoms with Crippen LogP contribution < -0.4 is 20.9 Å². The minimum Gasteiger partial charge on any atom is -0.506 e. The number of nitrogens with zero attached hydrogens (tertiary/aromatic N) is 1. The lowest BCUT2D eigenvalue weighted by molar-refractivity contribution is -0.938. The normalized spacial score (nSPS) is 19.2. The predicted molar refractivity (Wildman–Crippen MR) is 223 cm³/mol. The third kappa shape index (κ3) is 10.5. The molecule has 10 heteroatoms. The molecule has 10 nitrogen and oxygen atoms in total. The molecule has 2 atom stereocenters. The number of benzene rings is 4. The summed E-state index contributed by atoms with van der Waals surface area (Å²) in [6.45, 7) is 5.37.